The molecule has 33 heavy (non-hydrogen) atoms. The Kier molecular flexibility index (Phi) is 7.15. The van der Waals surface area contributed by atoms with Crippen LogP contribution in [0, 0.1) is 0 Å². The summed E-state index contributed by atoms with van der Waals surface area (Å²) in [5.41, 5.74) is 0.976. The molecule has 2 aromatic rings. The van der Waals surface area contributed by atoms with Crippen LogP contribution in [0.2, 0.25) is 5.28 Å². The van der Waals surface area contributed by atoms with Crippen LogP contribution in [0.1, 0.15) is 30.9 Å². The van der Waals surface area contributed by atoms with Crippen molar-refractivity contribution in [1.82, 2.24) is 9.97 Å². The van der Waals surface area contributed by atoms with Gasteiger partial charge in [-0.1, -0.05) is 6.07 Å². The van der Waals surface area contributed by atoms with Gasteiger partial charge in [-0.15, -0.1) is 0 Å². The van der Waals surface area contributed by atoms with Crippen molar-refractivity contribution in [3.63, 3.8) is 0 Å². The minimum Gasteiger partial charge on any atom is -0.387 e. The molecule has 0 bridgehead atoms. The fourth-order valence-corrected chi connectivity index (χ4v) is 6.52. The van der Waals surface area contributed by atoms with Gasteiger partial charge in [0.15, 0.2) is 5.90 Å². The fraction of sp³-hybridized carbons (Fsp3) is 0.556. The van der Waals surface area contributed by atoms with Crippen LogP contribution in [0.4, 0.5) is 5.82 Å². The van der Waals surface area contributed by atoms with Crippen molar-refractivity contribution in [3.05, 3.63) is 29.0 Å². The summed E-state index contributed by atoms with van der Waals surface area (Å²) in [5.74, 6) is -0.763. The van der Waals surface area contributed by atoms with Crippen LogP contribution in [0.5, 0.6) is 0 Å². The Labute approximate surface area is 193 Å². The van der Waals surface area contributed by atoms with E-state index >= 15 is 0 Å². The van der Waals surface area contributed by atoms with E-state index in [0.717, 1.165) is 24.6 Å². The molecule has 2 fully saturated rings. The van der Waals surface area contributed by atoms with Gasteiger partial charge >= 0.3 is 15.2 Å². The molecule has 1 aromatic carbocycles. The molecule has 1 saturated heterocycles. The summed E-state index contributed by atoms with van der Waals surface area (Å²) in [6.45, 7) is -0.653. The number of hydrogen-bond donors (Lipinski definition) is 6. The minimum atomic E-state index is -4.79. The van der Waals surface area contributed by atoms with Crippen molar-refractivity contribution >= 4 is 43.5 Å². The van der Waals surface area contributed by atoms with E-state index in [1.165, 1.54) is 0 Å². The molecule has 0 amide bonds. The second kappa shape index (κ2) is 9.47. The van der Waals surface area contributed by atoms with Gasteiger partial charge in [0.1, 0.15) is 30.2 Å². The molecule has 2 heterocycles. The number of nitrogens with zero attached hydrogens (tertiary/aromatic N) is 2. The summed E-state index contributed by atoms with van der Waals surface area (Å²) >= 11 is 6.08. The van der Waals surface area contributed by atoms with Gasteiger partial charge in [-0.05, 0) is 48.6 Å². The average Bonchev–Trinajstić information content (AvgIpc) is 2.95. The third-order valence-electron chi connectivity index (χ3n) is 5.63. The molecule has 1 aromatic heterocycles. The maximum absolute atomic E-state index is 11.8. The summed E-state index contributed by atoms with van der Waals surface area (Å²) in [6.07, 6.45) is -1.84. The smallest absolute Gasteiger partial charge is 0.340 e. The van der Waals surface area contributed by atoms with Crippen LogP contribution in [0.25, 0.3) is 10.9 Å². The van der Waals surface area contributed by atoms with Crippen LogP contribution < -0.4 is 5.32 Å². The third kappa shape index (κ3) is 5.91. The van der Waals surface area contributed by atoms with Crippen molar-refractivity contribution in [3.8, 4) is 0 Å². The quantitative estimate of drug-likeness (QED) is 0.217. The molecule has 1 unspecified atom stereocenters. The monoisotopic (exact) mass is 523 g/mol. The van der Waals surface area contributed by atoms with Crippen molar-refractivity contribution in [1.29, 1.82) is 0 Å². The molecule has 0 radical (unpaired) electrons. The molecule has 182 valence electrons. The van der Waals surface area contributed by atoms with Crippen molar-refractivity contribution in [2.24, 2.45) is 0 Å². The summed E-state index contributed by atoms with van der Waals surface area (Å²) < 4.78 is 33.2. The van der Waals surface area contributed by atoms with E-state index in [-0.39, 0.29) is 5.28 Å². The van der Waals surface area contributed by atoms with Crippen molar-refractivity contribution in [2.45, 2.75) is 49.7 Å². The Hall–Kier alpha value is -1.17. The number of aliphatic hydroxyl groups is 2. The zero-order chi connectivity index (χ0) is 24.0. The molecule has 0 spiro atoms. The number of fused-ring (bicyclic) bond motifs is 1. The van der Waals surface area contributed by atoms with Crippen molar-refractivity contribution in [2.75, 3.05) is 17.8 Å². The number of benzene rings is 1. The SMILES string of the molecule is O=P(O)(O)CP(=O)(O)OC[C@H]1O[C@@H](c2ccc3c(NC4CCC4)nc(Cl)nc3c2)[C@H](O)[C@@H]1O. The van der Waals surface area contributed by atoms with Gasteiger partial charge in [-0.2, -0.15) is 0 Å². The van der Waals surface area contributed by atoms with E-state index < -0.39 is 52.1 Å². The Morgan fingerprint density at radius 2 is 1.88 bits per heavy atom. The second-order valence-corrected chi connectivity index (χ2v) is 12.5. The number of hydrogen-bond acceptors (Lipinski definition) is 9. The molecule has 2 aliphatic rings. The lowest BCUT2D eigenvalue weighted by Gasteiger charge is -2.27. The molecule has 1 aliphatic carbocycles. The standard InChI is InChI=1S/C18H24ClN3O9P2/c19-18-21-12-6-9(4-5-11(12)17(22-18)20-10-2-1-3-10)16-15(24)14(23)13(31-16)7-30-33(28,29)8-32(25,26)27/h4-6,10,13-16,23-24H,1-3,7-8H2,(H,28,29)(H,20,21,22)(H2,25,26,27)/t13-,14-,15-,16+/m1/s1. The number of ether oxygens (including phenoxy) is 1. The van der Waals surface area contributed by atoms with Crippen molar-refractivity contribution < 1.29 is 43.3 Å². The summed E-state index contributed by atoms with van der Waals surface area (Å²) in [7, 11) is -9.43. The molecule has 12 nitrogen and oxygen atoms in total. The normalized spacial score (nSPS) is 27.9. The topological polar surface area (TPSA) is 192 Å². The minimum absolute atomic E-state index is 0.0458. The van der Waals surface area contributed by atoms with Gasteiger partial charge < -0.3 is 39.5 Å². The first-order valence-electron chi connectivity index (χ1n) is 10.2. The first-order chi connectivity index (χ1) is 15.4. The molecule has 5 atom stereocenters. The molecular formula is C18H24ClN3O9P2. The lowest BCUT2D eigenvalue weighted by Crippen LogP contribution is -2.33. The molecular weight excluding hydrogens is 500 g/mol. The highest BCUT2D eigenvalue weighted by Gasteiger charge is 2.45. The van der Waals surface area contributed by atoms with Crippen LogP contribution >= 0.6 is 26.8 Å². The van der Waals surface area contributed by atoms with Crippen LogP contribution in [0.3, 0.4) is 0 Å². The van der Waals surface area contributed by atoms with Crippen LogP contribution in [-0.2, 0) is 18.4 Å². The molecule has 15 heteroatoms. The average molecular weight is 524 g/mol. The Morgan fingerprint density at radius 1 is 1.15 bits per heavy atom. The second-order valence-electron chi connectivity index (χ2n) is 8.21. The highest BCUT2D eigenvalue weighted by atomic mass is 35.5. The van der Waals surface area contributed by atoms with Crippen LogP contribution in [-0.4, -0.2) is 71.7 Å². The van der Waals surface area contributed by atoms with E-state index in [1.807, 2.05) is 0 Å². The Morgan fingerprint density at radius 3 is 2.52 bits per heavy atom. The van der Waals surface area contributed by atoms with Crippen LogP contribution in [0.15, 0.2) is 18.2 Å². The predicted molar refractivity (Wildman–Crippen MR) is 118 cm³/mol. The van der Waals surface area contributed by atoms with Gasteiger partial charge in [0.25, 0.3) is 0 Å². The number of rotatable bonds is 8. The molecule has 4 rings (SSSR count). The molecule has 1 aliphatic heterocycles. The summed E-state index contributed by atoms with van der Waals surface area (Å²) in [5, 5.41) is 24.9. The number of aromatic nitrogens is 2. The number of anilines is 1. The van der Waals surface area contributed by atoms with E-state index in [9.17, 15) is 24.2 Å². The zero-order valence-corrected chi connectivity index (χ0v) is 19.7. The summed E-state index contributed by atoms with van der Waals surface area (Å²) in [4.78, 5) is 35.9. The maximum atomic E-state index is 11.8. The Bertz CT molecular complexity index is 1130. The number of nitrogens with one attached hydrogen (secondary N) is 1. The zero-order valence-electron chi connectivity index (χ0n) is 17.2. The highest BCUT2D eigenvalue weighted by Crippen LogP contribution is 2.55. The lowest BCUT2D eigenvalue weighted by molar-refractivity contribution is -0.0186. The highest BCUT2D eigenvalue weighted by molar-refractivity contribution is 7.70. The molecule has 1 saturated carbocycles. The Balaban J connectivity index is 1.50. The largest absolute Gasteiger partial charge is 0.387 e. The first-order valence-corrected chi connectivity index (χ1v) is 14.1. The van der Waals surface area contributed by atoms with E-state index in [0.29, 0.717) is 22.9 Å². The van der Waals surface area contributed by atoms with Gasteiger partial charge in [-0.3, -0.25) is 9.13 Å². The summed E-state index contributed by atoms with van der Waals surface area (Å²) in [6, 6.07) is 5.39. The predicted octanol–water partition coefficient (Wildman–Crippen LogP) is 1.75. The number of aliphatic hydroxyl groups excluding tert-OH is 2. The molecule has 6 N–H and O–H groups in total. The fourth-order valence-electron chi connectivity index (χ4n) is 3.78. The van der Waals surface area contributed by atoms with Gasteiger partial charge in [0, 0.05) is 11.4 Å². The third-order valence-corrected chi connectivity index (χ3v) is 9.26. The van der Waals surface area contributed by atoms with E-state index in [2.05, 4.69) is 15.3 Å². The van der Waals surface area contributed by atoms with Gasteiger partial charge in [-0.25, -0.2) is 9.97 Å². The maximum Gasteiger partial charge on any atom is 0.340 e. The lowest BCUT2D eigenvalue weighted by atomic mass is 9.93. The van der Waals surface area contributed by atoms with E-state index in [4.69, 9.17) is 30.6 Å². The van der Waals surface area contributed by atoms with Gasteiger partial charge in [0.05, 0.1) is 12.1 Å². The van der Waals surface area contributed by atoms with Gasteiger partial charge in [0.2, 0.25) is 5.28 Å². The number of halogens is 1. The first kappa shape index (κ1) is 24.9. The van der Waals surface area contributed by atoms with E-state index in [1.54, 1.807) is 18.2 Å².